The number of hydrogen-bond donors (Lipinski definition) is 1. The molecule has 0 fully saturated rings. The van der Waals surface area contributed by atoms with Crippen molar-refractivity contribution >= 4 is 11.6 Å². The Hall–Kier alpha value is -1.91. The molecule has 0 atom stereocenters. The molecular formula is C8H7N3O2. The first-order valence-electron chi connectivity index (χ1n) is 3.71. The number of fused-ring (bicyclic) bond motifs is 1. The Morgan fingerprint density at radius 1 is 1.54 bits per heavy atom. The van der Waals surface area contributed by atoms with Gasteiger partial charge in [-0.05, 0) is 6.92 Å². The lowest BCUT2D eigenvalue weighted by atomic mass is 10.5. The van der Waals surface area contributed by atoms with Crippen molar-refractivity contribution in [2.45, 2.75) is 6.92 Å². The van der Waals surface area contributed by atoms with E-state index in [0.717, 1.165) is 5.69 Å². The lowest BCUT2D eigenvalue weighted by Crippen LogP contribution is -1.94. The van der Waals surface area contributed by atoms with E-state index in [1.807, 2.05) is 6.92 Å². The number of carbonyl (C=O) groups is 1. The van der Waals surface area contributed by atoms with E-state index in [1.54, 1.807) is 16.8 Å². The maximum Gasteiger partial charge on any atom is 0.356 e. The van der Waals surface area contributed by atoms with Crippen molar-refractivity contribution in [2.75, 3.05) is 0 Å². The zero-order valence-electron chi connectivity index (χ0n) is 6.93. The van der Waals surface area contributed by atoms with Gasteiger partial charge in [-0.2, -0.15) is 0 Å². The monoisotopic (exact) mass is 177 g/mol. The van der Waals surface area contributed by atoms with Crippen LogP contribution in [0.4, 0.5) is 0 Å². The molecule has 0 aliphatic carbocycles. The lowest BCUT2D eigenvalue weighted by molar-refractivity contribution is 0.0691. The number of aryl methyl sites for hydroxylation is 1. The Morgan fingerprint density at radius 2 is 2.31 bits per heavy atom. The van der Waals surface area contributed by atoms with Crippen LogP contribution in [0.3, 0.4) is 0 Å². The van der Waals surface area contributed by atoms with E-state index in [9.17, 15) is 4.79 Å². The number of carboxylic acid groups (broad SMARTS) is 1. The van der Waals surface area contributed by atoms with Crippen LogP contribution in [0.2, 0.25) is 0 Å². The second kappa shape index (κ2) is 2.55. The van der Waals surface area contributed by atoms with E-state index >= 15 is 0 Å². The van der Waals surface area contributed by atoms with Gasteiger partial charge in [0.15, 0.2) is 11.3 Å². The molecule has 0 aliphatic rings. The van der Waals surface area contributed by atoms with Crippen LogP contribution in [-0.2, 0) is 0 Å². The van der Waals surface area contributed by atoms with Gasteiger partial charge in [-0.3, -0.25) is 4.98 Å². The third kappa shape index (κ3) is 1.24. The van der Waals surface area contributed by atoms with Crippen molar-refractivity contribution in [2.24, 2.45) is 0 Å². The minimum absolute atomic E-state index is 0.0346. The van der Waals surface area contributed by atoms with Gasteiger partial charge in [0, 0.05) is 12.4 Å². The fraction of sp³-hybridized carbons (Fsp3) is 0.125. The summed E-state index contributed by atoms with van der Waals surface area (Å²) in [6.45, 7) is 1.83. The average Bonchev–Trinajstić information content (AvgIpc) is 2.46. The molecule has 0 saturated heterocycles. The first-order chi connectivity index (χ1) is 6.16. The van der Waals surface area contributed by atoms with Gasteiger partial charge in [0.05, 0.1) is 11.9 Å². The molecule has 0 aliphatic heterocycles. The largest absolute Gasteiger partial charge is 0.476 e. The molecule has 2 aromatic heterocycles. The molecule has 2 rings (SSSR count). The first-order valence-corrected chi connectivity index (χ1v) is 3.71. The summed E-state index contributed by atoms with van der Waals surface area (Å²) in [4.78, 5) is 18.4. The van der Waals surface area contributed by atoms with Crippen molar-refractivity contribution in [3.8, 4) is 0 Å². The second-order valence-electron chi connectivity index (χ2n) is 2.73. The Morgan fingerprint density at radius 3 is 3.00 bits per heavy atom. The normalized spacial score (nSPS) is 10.5. The van der Waals surface area contributed by atoms with Gasteiger partial charge in [-0.1, -0.05) is 0 Å². The molecule has 5 nitrogen and oxygen atoms in total. The van der Waals surface area contributed by atoms with Crippen molar-refractivity contribution in [3.63, 3.8) is 0 Å². The van der Waals surface area contributed by atoms with Gasteiger partial charge in [0.1, 0.15) is 0 Å². The van der Waals surface area contributed by atoms with Gasteiger partial charge in [-0.15, -0.1) is 0 Å². The maximum absolute atomic E-state index is 10.6. The van der Waals surface area contributed by atoms with E-state index in [-0.39, 0.29) is 5.69 Å². The number of hydrogen-bond acceptors (Lipinski definition) is 3. The number of rotatable bonds is 1. The Balaban J connectivity index is 2.68. The van der Waals surface area contributed by atoms with Crippen LogP contribution in [0.25, 0.3) is 5.65 Å². The molecule has 0 spiro atoms. The summed E-state index contributed by atoms with van der Waals surface area (Å²) in [7, 11) is 0. The summed E-state index contributed by atoms with van der Waals surface area (Å²) in [6.07, 6.45) is 4.74. The summed E-state index contributed by atoms with van der Waals surface area (Å²) in [6, 6.07) is 0. The van der Waals surface area contributed by atoms with E-state index < -0.39 is 5.97 Å². The molecule has 2 heterocycles. The molecule has 0 unspecified atom stereocenters. The average molecular weight is 177 g/mol. The third-order valence-corrected chi connectivity index (χ3v) is 1.69. The van der Waals surface area contributed by atoms with Crippen molar-refractivity contribution < 1.29 is 9.90 Å². The minimum Gasteiger partial charge on any atom is -0.476 e. The summed E-state index contributed by atoms with van der Waals surface area (Å²) in [5, 5.41) is 8.66. The summed E-state index contributed by atoms with van der Waals surface area (Å²) >= 11 is 0. The highest BCUT2D eigenvalue weighted by Gasteiger charge is 2.07. The van der Waals surface area contributed by atoms with Crippen molar-refractivity contribution in [1.82, 2.24) is 14.4 Å². The van der Waals surface area contributed by atoms with E-state index in [4.69, 9.17) is 5.11 Å². The fourth-order valence-electron chi connectivity index (χ4n) is 1.10. The first kappa shape index (κ1) is 7.72. The number of nitrogens with zero attached hydrogens (tertiary/aromatic N) is 3. The Labute approximate surface area is 73.7 Å². The molecule has 0 aromatic carbocycles. The predicted octanol–water partition coefficient (Wildman–Crippen LogP) is 0.736. The van der Waals surface area contributed by atoms with Gasteiger partial charge < -0.3 is 9.51 Å². The van der Waals surface area contributed by atoms with Crippen LogP contribution in [0.15, 0.2) is 18.6 Å². The molecule has 0 radical (unpaired) electrons. The SMILES string of the molecule is Cc1cn2cc(C(=O)O)nc2cn1. The smallest absolute Gasteiger partial charge is 0.356 e. The zero-order valence-corrected chi connectivity index (χ0v) is 6.93. The van der Waals surface area contributed by atoms with E-state index in [2.05, 4.69) is 9.97 Å². The van der Waals surface area contributed by atoms with Crippen LogP contribution < -0.4 is 0 Å². The van der Waals surface area contributed by atoms with Gasteiger partial charge in [0.25, 0.3) is 0 Å². The summed E-state index contributed by atoms with van der Waals surface area (Å²) < 4.78 is 1.64. The highest BCUT2D eigenvalue weighted by Crippen LogP contribution is 2.04. The lowest BCUT2D eigenvalue weighted by Gasteiger charge is -1.92. The predicted molar refractivity (Wildman–Crippen MR) is 44.7 cm³/mol. The minimum atomic E-state index is -1.03. The van der Waals surface area contributed by atoms with Crippen molar-refractivity contribution in [3.05, 3.63) is 30.0 Å². The van der Waals surface area contributed by atoms with E-state index in [0.29, 0.717) is 5.65 Å². The quantitative estimate of drug-likeness (QED) is 0.697. The molecular weight excluding hydrogens is 170 g/mol. The molecule has 0 bridgehead atoms. The topological polar surface area (TPSA) is 67.5 Å². The van der Waals surface area contributed by atoms with E-state index in [1.165, 1.54) is 6.20 Å². The highest BCUT2D eigenvalue weighted by molar-refractivity contribution is 5.85. The van der Waals surface area contributed by atoms with Crippen LogP contribution in [0, 0.1) is 6.92 Å². The number of aromatic nitrogens is 3. The van der Waals surface area contributed by atoms with Crippen LogP contribution in [0.1, 0.15) is 16.2 Å². The number of imidazole rings is 1. The highest BCUT2D eigenvalue weighted by atomic mass is 16.4. The Bertz CT molecular complexity index is 475. The molecule has 0 saturated carbocycles. The summed E-state index contributed by atoms with van der Waals surface area (Å²) in [5.41, 5.74) is 1.40. The second-order valence-corrected chi connectivity index (χ2v) is 2.73. The zero-order chi connectivity index (χ0) is 9.42. The number of carboxylic acids is 1. The van der Waals surface area contributed by atoms with Gasteiger partial charge in [0.2, 0.25) is 0 Å². The van der Waals surface area contributed by atoms with Gasteiger partial charge in [-0.25, -0.2) is 9.78 Å². The van der Waals surface area contributed by atoms with Crippen LogP contribution >= 0.6 is 0 Å². The molecule has 2 aromatic rings. The molecule has 66 valence electrons. The number of aromatic carboxylic acids is 1. The van der Waals surface area contributed by atoms with Crippen molar-refractivity contribution in [1.29, 1.82) is 0 Å². The molecule has 5 heteroatoms. The third-order valence-electron chi connectivity index (χ3n) is 1.69. The summed E-state index contributed by atoms with van der Waals surface area (Å²) in [5.74, 6) is -1.03. The van der Waals surface area contributed by atoms with Crippen LogP contribution in [0.5, 0.6) is 0 Å². The molecule has 1 N–H and O–H groups in total. The fourth-order valence-corrected chi connectivity index (χ4v) is 1.10. The Kier molecular flexibility index (Phi) is 1.51. The van der Waals surface area contributed by atoms with Crippen LogP contribution in [-0.4, -0.2) is 25.4 Å². The standard InChI is InChI=1S/C8H7N3O2/c1-5-3-11-4-6(8(12)13)10-7(11)2-9-5/h2-4H,1H3,(H,12,13). The maximum atomic E-state index is 10.6. The molecule has 0 amide bonds. The molecule has 13 heavy (non-hydrogen) atoms. The van der Waals surface area contributed by atoms with Gasteiger partial charge >= 0.3 is 5.97 Å².